The molecule has 2 aromatic carbocycles. The number of rotatable bonds is 4. The number of benzene rings is 2. The molecule has 0 saturated carbocycles. The Labute approximate surface area is 240 Å². The van der Waals surface area contributed by atoms with Crippen LogP contribution in [0.3, 0.4) is 0 Å². The van der Waals surface area contributed by atoms with Gasteiger partial charge in [-0.05, 0) is 61.6 Å². The lowest BCUT2D eigenvalue weighted by Gasteiger charge is -2.27. The lowest BCUT2D eigenvalue weighted by atomic mass is 10.0. The van der Waals surface area contributed by atoms with E-state index in [1.165, 1.54) is 4.90 Å². The van der Waals surface area contributed by atoms with Gasteiger partial charge in [-0.2, -0.15) is 0 Å². The van der Waals surface area contributed by atoms with Crippen LogP contribution < -0.4 is 20.7 Å². The number of nitrogens with zero attached hydrogens (tertiary/aromatic N) is 1. The Kier molecular flexibility index (Phi) is 11.9. The fourth-order valence-electron chi connectivity index (χ4n) is 4.49. The summed E-state index contributed by atoms with van der Waals surface area (Å²) in [7, 11) is 1.59. The van der Waals surface area contributed by atoms with Gasteiger partial charge in [0.25, 0.3) is 0 Å². The molecule has 0 aliphatic carbocycles. The van der Waals surface area contributed by atoms with E-state index >= 15 is 0 Å². The number of halogens is 2. The number of ether oxygens (including phenoxy) is 1. The summed E-state index contributed by atoms with van der Waals surface area (Å²) in [5.41, 5.74) is 1.84. The second-order valence-electron chi connectivity index (χ2n) is 9.97. The van der Waals surface area contributed by atoms with Crippen LogP contribution in [0.4, 0.5) is 0 Å². The zero-order valence-electron chi connectivity index (χ0n) is 22.8. The van der Waals surface area contributed by atoms with Crippen molar-refractivity contribution in [1.82, 2.24) is 20.9 Å². The fraction of sp³-hybridized carbons (Fsp3) is 0.483. The molecule has 3 N–H and O–H groups in total. The summed E-state index contributed by atoms with van der Waals surface area (Å²) in [5.74, 6) is -0.200. The Hall–Kier alpha value is -2.81. The molecule has 0 saturated heterocycles. The Morgan fingerprint density at radius 2 is 1.74 bits per heavy atom. The number of amides is 3. The van der Waals surface area contributed by atoms with E-state index < -0.39 is 18.0 Å². The van der Waals surface area contributed by atoms with E-state index in [9.17, 15) is 14.4 Å². The molecule has 0 bridgehead atoms. The van der Waals surface area contributed by atoms with Gasteiger partial charge in [-0.3, -0.25) is 14.4 Å². The molecule has 1 heterocycles. The first-order valence-corrected chi connectivity index (χ1v) is 14.2. The van der Waals surface area contributed by atoms with Crippen molar-refractivity contribution in [3.8, 4) is 5.75 Å². The standard InChI is InChI=1S/C29H38Cl2N4O4/c1-4-6-24-29(38)35(3)18-27(36)34-25(15-20-8-11-22(30)12-9-20)28(37)32-14-5-7-21-10-13-23(31)16-26(21)39-19(2)17-33-24/h8-13,16,19,24-25,33H,4-7,14-15,17-18H2,1-3H3,(H,32,37)(H,34,36)/t19-,24+,25-/m1/s1. The smallest absolute Gasteiger partial charge is 0.242 e. The molecule has 39 heavy (non-hydrogen) atoms. The van der Waals surface area contributed by atoms with Gasteiger partial charge in [-0.1, -0.05) is 54.7 Å². The van der Waals surface area contributed by atoms with Gasteiger partial charge in [-0.25, -0.2) is 0 Å². The van der Waals surface area contributed by atoms with Crippen LogP contribution in [-0.2, 0) is 27.2 Å². The number of carbonyl (C=O) groups excluding carboxylic acids is 3. The number of fused-ring (bicyclic) bond motifs is 1. The van der Waals surface area contributed by atoms with Crippen LogP contribution in [0.25, 0.3) is 0 Å². The van der Waals surface area contributed by atoms with E-state index in [0.29, 0.717) is 54.6 Å². The van der Waals surface area contributed by atoms with Gasteiger partial charge in [0.05, 0.1) is 12.6 Å². The van der Waals surface area contributed by atoms with Crippen molar-refractivity contribution >= 4 is 40.9 Å². The minimum atomic E-state index is -0.805. The Balaban J connectivity index is 1.83. The highest BCUT2D eigenvalue weighted by atomic mass is 35.5. The average molecular weight is 578 g/mol. The Morgan fingerprint density at radius 1 is 1.03 bits per heavy atom. The van der Waals surface area contributed by atoms with Gasteiger partial charge in [0, 0.05) is 36.6 Å². The van der Waals surface area contributed by atoms with Crippen LogP contribution in [0, 0.1) is 0 Å². The zero-order valence-corrected chi connectivity index (χ0v) is 24.3. The molecular weight excluding hydrogens is 539 g/mol. The topological polar surface area (TPSA) is 99.8 Å². The third kappa shape index (κ3) is 9.71. The predicted octanol–water partition coefficient (Wildman–Crippen LogP) is 3.77. The Morgan fingerprint density at radius 3 is 2.46 bits per heavy atom. The average Bonchev–Trinajstić information content (AvgIpc) is 2.89. The van der Waals surface area contributed by atoms with Crippen LogP contribution >= 0.6 is 23.2 Å². The van der Waals surface area contributed by atoms with Gasteiger partial charge in [-0.15, -0.1) is 0 Å². The van der Waals surface area contributed by atoms with E-state index in [0.717, 1.165) is 17.5 Å². The maximum atomic E-state index is 13.2. The minimum Gasteiger partial charge on any atom is -0.489 e. The lowest BCUT2D eigenvalue weighted by molar-refractivity contribution is -0.137. The molecule has 1 aliphatic rings. The normalized spacial score (nSPS) is 22.1. The van der Waals surface area contributed by atoms with Gasteiger partial charge >= 0.3 is 0 Å². The van der Waals surface area contributed by atoms with Crippen molar-refractivity contribution in [2.75, 3.05) is 26.7 Å². The van der Waals surface area contributed by atoms with E-state index in [1.54, 1.807) is 25.2 Å². The van der Waals surface area contributed by atoms with Gasteiger partial charge in [0.1, 0.15) is 17.9 Å². The maximum Gasteiger partial charge on any atom is 0.242 e. The van der Waals surface area contributed by atoms with Crippen molar-refractivity contribution < 1.29 is 19.1 Å². The third-order valence-electron chi connectivity index (χ3n) is 6.57. The summed E-state index contributed by atoms with van der Waals surface area (Å²) in [6.45, 7) is 4.64. The zero-order chi connectivity index (χ0) is 28.4. The number of hydrogen-bond donors (Lipinski definition) is 3. The number of likely N-dealkylation sites (N-methyl/N-ethyl adjacent to an activating group) is 1. The summed E-state index contributed by atoms with van der Waals surface area (Å²) < 4.78 is 6.21. The van der Waals surface area contributed by atoms with Crippen molar-refractivity contribution in [3.05, 3.63) is 63.6 Å². The molecule has 3 rings (SSSR count). The monoisotopic (exact) mass is 576 g/mol. The first-order chi connectivity index (χ1) is 18.7. The fourth-order valence-corrected chi connectivity index (χ4v) is 4.78. The number of carbonyl (C=O) groups is 3. The van der Waals surface area contributed by atoms with Crippen LogP contribution in [0.1, 0.15) is 44.2 Å². The molecule has 0 aromatic heterocycles. The second-order valence-corrected chi connectivity index (χ2v) is 10.8. The molecule has 3 amide bonds. The highest BCUT2D eigenvalue weighted by Crippen LogP contribution is 2.25. The summed E-state index contributed by atoms with van der Waals surface area (Å²) in [5, 5.41) is 10.3. The van der Waals surface area contributed by atoms with E-state index in [1.807, 2.05) is 38.1 Å². The van der Waals surface area contributed by atoms with Crippen LogP contribution in [-0.4, -0.2) is 67.5 Å². The highest BCUT2D eigenvalue weighted by molar-refractivity contribution is 6.30. The van der Waals surface area contributed by atoms with Crippen molar-refractivity contribution in [3.63, 3.8) is 0 Å². The Bertz CT molecular complexity index is 1130. The van der Waals surface area contributed by atoms with Crippen LogP contribution in [0.2, 0.25) is 10.0 Å². The van der Waals surface area contributed by atoms with Gasteiger partial charge in [0.2, 0.25) is 17.7 Å². The minimum absolute atomic E-state index is 0.164. The van der Waals surface area contributed by atoms with Crippen molar-refractivity contribution in [1.29, 1.82) is 0 Å². The SMILES string of the molecule is CCC[C@@H]1NC[C@@H](C)Oc2cc(Cl)ccc2CCCNC(=O)[C@@H](Cc2ccc(Cl)cc2)NC(=O)CN(C)C1=O. The number of hydrogen-bond acceptors (Lipinski definition) is 5. The molecule has 3 atom stereocenters. The molecule has 212 valence electrons. The van der Waals surface area contributed by atoms with Gasteiger partial charge < -0.3 is 25.6 Å². The third-order valence-corrected chi connectivity index (χ3v) is 7.06. The van der Waals surface area contributed by atoms with E-state index in [4.69, 9.17) is 27.9 Å². The largest absolute Gasteiger partial charge is 0.489 e. The highest BCUT2D eigenvalue weighted by Gasteiger charge is 2.26. The first kappa shape index (κ1) is 30.7. The molecule has 2 aromatic rings. The number of nitrogens with one attached hydrogen (secondary N) is 3. The predicted molar refractivity (Wildman–Crippen MR) is 154 cm³/mol. The molecule has 0 unspecified atom stereocenters. The summed E-state index contributed by atoms with van der Waals surface area (Å²) in [4.78, 5) is 40.7. The maximum absolute atomic E-state index is 13.2. The van der Waals surface area contributed by atoms with E-state index in [2.05, 4.69) is 16.0 Å². The summed E-state index contributed by atoms with van der Waals surface area (Å²) in [6, 6.07) is 11.4. The molecule has 1 aliphatic heterocycles. The van der Waals surface area contributed by atoms with Crippen LogP contribution in [0.5, 0.6) is 5.75 Å². The summed E-state index contributed by atoms with van der Waals surface area (Å²) >= 11 is 12.3. The lowest BCUT2D eigenvalue weighted by Crippen LogP contribution is -2.53. The molecule has 0 radical (unpaired) electrons. The molecule has 0 fully saturated rings. The molecule has 0 spiro atoms. The van der Waals surface area contributed by atoms with Crippen molar-refractivity contribution in [2.45, 2.75) is 64.1 Å². The quantitative estimate of drug-likeness (QED) is 0.514. The molecular formula is C29H38Cl2N4O4. The molecule has 10 heteroatoms. The number of aryl methyl sites for hydroxylation is 1. The van der Waals surface area contributed by atoms with Crippen LogP contribution in [0.15, 0.2) is 42.5 Å². The van der Waals surface area contributed by atoms with Gasteiger partial charge in [0.15, 0.2) is 0 Å². The second kappa shape index (κ2) is 15.1. The first-order valence-electron chi connectivity index (χ1n) is 13.4. The van der Waals surface area contributed by atoms with E-state index in [-0.39, 0.29) is 24.5 Å². The van der Waals surface area contributed by atoms with Crippen molar-refractivity contribution in [2.24, 2.45) is 0 Å². The summed E-state index contributed by atoms with van der Waals surface area (Å²) in [6.07, 6.45) is 2.81. The molecule has 8 nitrogen and oxygen atoms in total.